The van der Waals surface area contributed by atoms with Gasteiger partial charge in [-0.15, -0.1) is 0 Å². The molecule has 0 saturated heterocycles. The molecule has 0 saturated carbocycles. The number of aliphatic carboxylic acids is 1. The zero-order chi connectivity index (χ0) is 14.5. The summed E-state index contributed by atoms with van der Waals surface area (Å²) in [4.78, 5) is 23.1. The molecule has 1 heterocycles. The van der Waals surface area contributed by atoms with Crippen LogP contribution in [0.1, 0.15) is 21.7 Å². The van der Waals surface area contributed by atoms with Crippen LogP contribution in [0, 0.1) is 6.92 Å². The highest BCUT2D eigenvalue weighted by Gasteiger charge is 2.22. The van der Waals surface area contributed by atoms with Gasteiger partial charge in [0, 0.05) is 12.1 Å². The van der Waals surface area contributed by atoms with Gasteiger partial charge in [-0.2, -0.15) is 5.10 Å². The van der Waals surface area contributed by atoms with Gasteiger partial charge >= 0.3 is 5.97 Å². The van der Waals surface area contributed by atoms with Gasteiger partial charge in [0.25, 0.3) is 5.91 Å². The molecular weight excluding hydrogens is 258 g/mol. The van der Waals surface area contributed by atoms with Crippen molar-refractivity contribution in [3.05, 3.63) is 53.3 Å². The van der Waals surface area contributed by atoms with Gasteiger partial charge in [0.05, 0.1) is 0 Å². The molecule has 20 heavy (non-hydrogen) atoms. The van der Waals surface area contributed by atoms with Crippen molar-refractivity contribution in [3.63, 3.8) is 0 Å². The van der Waals surface area contributed by atoms with Crippen LogP contribution in [-0.2, 0) is 11.2 Å². The molecule has 0 bridgehead atoms. The number of amides is 1. The van der Waals surface area contributed by atoms with Crippen molar-refractivity contribution in [3.8, 4) is 0 Å². The molecular formula is C14H15N3O3. The second-order valence-corrected chi connectivity index (χ2v) is 4.49. The number of nitrogens with zero attached hydrogens (tertiary/aromatic N) is 1. The third kappa shape index (κ3) is 3.44. The van der Waals surface area contributed by atoms with Crippen LogP contribution in [0.4, 0.5) is 0 Å². The van der Waals surface area contributed by atoms with E-state index in [-0.39, 0.29) is 12.1 Å². The molecule has 0 aliphatic heterocycles. The Morgan fingerprint density at radius 1 is 1.35 bits per heavy atom. The van der Waals surface area contributed by atoms with E-state index in [0.717, 1.165) is 11.3 Å². The highest BCUT2D eigenvalue weighted by atomic mass is 16.4. The first-order chi connectivity index (χ1) is 9.56. The molecule has 1 aromatic heterocycles. The Kier molecular flexibility index (Phi) is 4.14. The summed E-state index contributed by atoms with van der Waals surface area (Å²) in [6.07, 6.45) is 0.227. The lowest BCUT2D eigenvalue weighted by atomic mass is 10.1. The van der Waals surface area contributed by atoms with Gasteiger partial charge in [-0.05, 0) is 18.6 Å². The minimum Gasteiger partial charge on any atom is -0.480 e. The van der Waals surface area contributed by atoms with Crippen molar-refractivity contribution in [1.82, 2.24) is 15.5 Å². The van der Waals surface area contributed by atoms with Crippen molar-refractivity contribution in [2.45, 2.75) is 19.4 Å². The van der Waals surface area contributed by atoms with Crippen LogP contribution in [0.5, 0.6) is 0 Å². The van der Waals surface area contributed by atoms with Gasteiger partial charge in [0.1, 0.15) is 11.7 Å². The van der Waals surface area contributed by atoms with E-state index in [0.29, 0.717) is 0 Å². The Morgan fingerprint density at radius 2 is 2.05 bits per heavy atom. The lowest BCUT2D eigenvalue weighted by Gasteiger charge is -2.13. The number of benzene rings is 1. The molecule has 104 valence electrons. The zero-order valence-corrected chi connectivity index (χ0v) is 11.0. The molecule has 1 unspecified atom stereocenters. The number of hydrogen-bond acceptors (Lipinski definition) is 3. The molecule has 6 nitrogen and oxygen atoms in total. The smallest absolute Gasteiger partial charge is 0.326 e. The number of aromatic amines is 1. The zero-order valence-electron chi connectivity index (χ0n) is 11.0. The summed E-state index contributed by atoms with van der Waals surface area (Å²) >= 11 is 0. The van der Waals surface area contributed by atoms with E-state index < -0.39 is 17.9 Å². The monoisotopic (exact) mass is 273 g/mol. The molecule has 0 fully saturated rings. The van der Waals surface area contributed by atoms with Crippen LogP contribution in [0.3, 0.4) is 0 Å². The van der Waals surface area contributed by atoms with Gasteiger partial charge in [0.2, 0.25) is 0 Å². The van der Waals surface area contributed by atoms with Crippen LogP contribution in [0.2, 0.25) is 0 Å². The Morgan fingerprint density at radius 3 is 2.60 bits per heavy atom. The van der Waals surface area contributed by atoms with Crippen LogP contribution in [0.25, 0.3) is 0 Å². The quantitative estimate of drug-likeness (QED) is 0.761. The summed E-state index contributed by atoms with van der Waals surface area (Å²) < 4.78 is 0. The number of H-pyrrole nitrogens is 1. The Balaban J connectivity index is 2.06. The van der Waals surface area contributed by atoms with Crippen LogP contribution < -0.4 is 5.32 Å². The van der Waals surface area contributed by atoms with Gasteiger partial charge in [-0.3, -0.25) is 9.89 Å². The number of carboxylic acids is 1. The first-order valence-electron chi connectivity index (χ1n) is 6.16. The van der Waals surface area contributed by atoms with E-state index in [2.05, 4.69) is 15.5 Å². The van der Waals surface area contributed by atoms with E-state index >= 15 is 0 Å². The topological polar surface area (TPSA) is 95.1 Å². The van der Waals surface area contributed by atoms with Crippen molar-refractivity contribution in [1.29, 1.82) is 0 Å². The maximum atomic E-state index is 11.9. The molecule has 2 rings (SSSR count). The summed E-state index contributed by atoms with van der Waals surface area (Å²) in [5.41, 5.74) is 1.77. The van der Waals surface area contributed by atoms with Gasteiger partial charge in [-0.25, -0.2) is 4.79 Å². The second-order valence-electron chi connectivity index (χ2n) is 4.49. The normalized spacial score (nSPS) is 11.8. The molecule has 1 amide bonds. The van der Waals surface area contributed by atoms with E-state index in [1.807, 2.05) is 30.3 Å². The van der Waals surface area contributed by atoms with Gasteiger partial charge in [0.15, 0.2) is 0 Å². The number of hydrogen-bond donors (Lipinski definition) is 3. The minimum atomic E-state index is -1.07. The maximum absolute atomic E-state index is 11.9. The predicted molar refractivity (Wildman–Crippen MR) is 72.4 cm³/mol. The van der Waals surface area contributed by atoms with Crippen molar-refractivity contribution < 1.29 is 14.7 Å². The summed E-state index contributed by atoms with van der Waals surface area (Å²) in [6, 6.07) is 9.73. The van der Waals surface area contributed by atoms with E-state index in [1.165, 1.54) is 0 Å². The number of carboxylic acid groups (broad SMARTS) is 1. The largest absolute Gasteiger partial charge is 0.480 e. The first kappa shape index (κ1) is 13.8. The molecule has 1 atom stereocenters. The summed E-state index contributed by atoms with van der Waals surface area (Å²) in [7, 11) is 0. The molecule has 0 spiro atoms. The van der Waals surface area contributed by atoms with Crippen LogP contribution >= 0.6 is 0 Å². The predicted octanol–water partition coefficient (Wildman–Crippen LogP) is 1.14. The van der Waals surface area contributed by atoms with E-state index in [1.54, 1.807) is 13.0 Å². The number of carbonyl (C=O) groups is 2. The summed E-state index contributed by atoms with van der Waals surface area (Å²) in [5.74, 6) is -1.58. The van der Waals surface area contributed by atoms with Crippen LogP contribution in [0.15, 0.2) is 36.4 Å². The molecule has 0 aliphatic rings. The lowest BCUT2D eigenvalue weighted by molar-refractivity contribution is -0.139. The average molecular weight is 273 g/mol. The number of aryl methyl sites for hydroxylation is 1. The molecule has 2 aromatic rings. The minimum absolute atomic E-state index is 0.182. The number of carbonyl (C=O) groups excluding carboxylic acids is 1. The third-order valence-corrected chi connectivity index (χ3v) is 2.82. The average Bonchev–Trinajstić information content (AvgIpc) is 2.86. The number of aromatic nitrogens is 2. The molecule has 1 aromatic carbocycles. The summed E-state index contributed by atoms with van der Waals surface area (Å²) in [6.45, 7) is 1.77. The first-order valence-corrected chi connectivity index (χ1v) is 6.16. The van der Waals surface area contributed by atoms with Crippen molar-refractivity contribution in [2.24, 2.45) is 0 Å². The third-order valence-electron chi connectivity index (χ3n) is 2.82. The number of nitrogens with one attached hydrogen (secondary N) is 2. The highest BCUT2D eigenvalue weighted by molar-refractivity contribution is 5.95. The fourth-order valence-electron chi connectivity index (χ4n) is 1.82. The summed E-state index contributed by atoms with van der Waals surface area (Å²) in [5, 5.41) is 18.1. The Labute approximate surface area is 115 Å². The molecule has 3 N–H and O–H groups in total. The fraction of sp³-hybridized carbons (Fsp3) is 0.214. The molecule has 0 aliphatic carbocycles. The van der Waals surface area contributed by atoms with Crippen molar-refractivity contribution in [2.75, 3.05) is 0 Å². The van der Waals surface area contributed by atoms with Crippen LogP contribution in [-0.4, -0.2) is 33.2 Å². The van der Waals surface area contributed by atoms with Crippen molar-refractivity contribution >= 4 is 11.9 Å². The van der Waals surface area contributed by atoms with Gasteiger partial charge in [-0.1, -0.05) is 30.3 Å². The van der Waals surface area contributed by atoms with Gasteiger partial charge < -0.3 is 10.4 Å². The Hall–Kier alpha value is -2.63. The second kappa shape index (κ2) is 6.01. The maximum Gasteiger partial charge on any atom is 0.326 e. The number of rotatable bonds is 5. The highest BCUT2D eigenvalue weighted by Crippen LogP contribution is 2.05. The lowest BCUT2D eigenvalue weighted by Crippen LogP contribution is -2.42. The SMILES string of the molecule is Cc1cc(C(=O)NC(Cc2ccccc2)C(=O)O)n[nH]1. The standard InChI is InChI=1S/C14H15N3O3/c1-9-7-11(17-16-9)13(18)15-12(14(19)20)8-10-5-3-2-4-6-10/h2-7,12H,8H2,1H3,(H,15,18)(H,16,17)(H,19,20). The van der Waals surface area contributed by atoms with E-state index in [9.17, 15) is 14.7 Å². The molecule has 0 radical (unpaired) electrons. The molecule has 6 heteroatoms. The van der Waals surface area contributed by atoms with E-state index in [4.69, 9.17) is 0 Å². The Bertz CT molecular complexity index is 607. The fourth-order valence-corrected chi connectivity index (χ4v) is 1.82.